The zero-order chi connectivity index (χ0) is 49.7. The molecule has 6 heteroatoms. The lowest BCUT2D eigenvalue weighted by Gasteiger charge is -2.27. The van der Waals surface area contributed by atoms with Gasteiger partial charge in [-0.25, -0.2) is 0 Å². The third-order valence-electron chi connectivity index (χ3n) is 15.5. The summed E-state index contributed by atoms with van der Waals surface area (Å²) >= 11 is 0. The minimum absolute atomic E-state index is 0.00403. The number of aliphatic hydroxyl groups is 2. The Labute approximate surface area is 430 Å². The Bertz CT molecular complexity index is 1090. The fourth-order valence-corrected chi connectivity index (χ4v) is 10.4. The normalized spacial score (nSPS) is 15.4. The molecule has 0 amide bonds. The van der Waals surface area contributed by atoms with Crippen LogP contribution in [-0.4, -0.2) is 48.6 Å². The minimum atomic E-state index is -1.12. The number of rotatable bonds is 54. The molecule has 0 aromatic carbocycles. The molecule has 6 nitrogen and oxygen atoms in total. The molecular formula is C63H120O6. The summed E-state index contributed by atoms with van der Waals surface area (Å²) in [5.41, 5.74) is -1.12. The highest BCUT2D eigenvalue weighted by atomic mass is 16.6. The van der Waals surface area contributed by atoms with E-state index in [4.69, 9.17) is 9.47 Å². The number of ether oxygens (including phenoxy) is 2. The Morgan fingerprint density at radius 2 is 0.623 bits per heavy atom. The lowest BCUT2D eigenvalue weighted by atomic mass is 9.92. The van der Waals surface area contributed by atoms with Gasteiger partial charge in [0.1, 0.15) is 13.2 Å². The molecule has 408 valence electrons. The van der Waals surface area contributed by atoms with Gasteiger partial charge in [-0.3, -0.25) is 9.59 Å². The van der Waals surface area contributed by atoms with Crippen LogP contribution in [0, 0.1) is 11.3 Å². The second kappa shape index (κ2) is 52.9. The first-order valence-electron chi connectivity index (χ1n) is 31.3. The molecular weight excluding hydrogens is 853 g/mol. The summed E-state index contributed by atoms with van der Waals surface area (Å²) in [6.07, 6.45) is 75.7. The van der Waals surface area contributed by atoms with Crippen molar-refractivity contribution < 1.29 is 29.3 Å². The monoisotopic (exact) mass is 973 g/mol. The molecule has 1 fully saturated rings. The van der Waals surface area contributed by atoms with Gasteiger partial charge in [0.15, 0.2) is 0 Å². The lowest BCUT2D eigenvalue weighted by Crippen LogP contribution is -2.40. The number of hydrogen-bond donors (Lipinski definition) is 2. The molecule has 0 radical (unpaired) electrons. The molecule has 1 rings (SSSR count). The van der Waals surface area contributed by atoms with Crippen LogP contribution in [0.1, 0.15) is 341 Å². The molecule has 0 aromatic heterocycles. The molecule has 0 bridgehead atoms. The maximum Gasteiger partial charge on any atom is 0.309 e. The predicted molar refractivity (Wildman–Crippen MR) is 297 cm³/mol. The van der Waals surface area contributed by atoms with Gasteiger partial charge in [-0.15, -0.1) is 0 Å². The summed E-state index contributed by atoms with van der Waals surface area (Å²) in [6.45, 7) is 1.21. The van der Waals surface area contributed by atoms with Crippen LogP contribution in [-0.2, 0) is 19.1 Å². The van der Waals surface area contributed by atoms with Crippen LogP contribution >= 0.6 is 0 Å². The fraction of sp³-hybridized carbons (Fsp3) is 0.937. The smallest absolute Gasteiger partial charge is 0.309 e. The highest BCUT2D eigenvalue weighted by Crippen LogP contribution is 2.25. The number of allylic oxidation sites excluding steroid dienone is 2. The summed E-state index contributed by atoms with van der Waals surface area (Å²) in [5.74, 6) is -1.40. The Morgan fingerprint density at radius 1 is 0.377 bits per heavy atom. The van der Waals surface area contributed by atoms with Crippen LogP contribution in [0.4, 0.5) is 0 Å². The molecule has 1 aliphatic rings. The predicted octanol–water partition coefficient (Wildman–Crippen LogP) is 19.5. The number of aliphatic hydroxyl groups excluding tert-OH is 2. The summed E-state index contributed by atoms with van der Waals surface area (Å²) in [7, 11) is 0. The molecule has 1 heterocycles. The first-order chi connectivity index (χ1) is 34.1. The van der Waals surface area contributed by atoms with Gasteiger partial charge in [0.05, 0.1) is 31.0 Å². The van der Waals surface area contributed by atoms with Crippen LogP contribution in [0.25, 0.3) is 0 Å². The summed E-state index contributed by atoms with van der Waals surface area (Å²) in [6, 6.07) is 0. The topological polar surface area (TPSA) is 93.1 Å². The van der Waals surface area contributed by atoms with Crippen molar-refractivity contribution in [3.05, 3.63) is 12.2 Å². The first kappa shape index (κ1) is 65.6. The second-order valence-corrected chi connectivity index (χ2v) is 22.4. The average Bonchev–Trinajstić information content (AvgIpc) is 3.41. The summed E-state index contributed by atoms with van der Waals surface area (Å²) in [4.78, 5) is 24.7. The van der Waals surface area contributed by atoms with E-state index in [0.717, 1.165) is 19.3 Å². The molecule has 1 unspecified atom stereocenters. The van der Waals surface area contributed by atoms with Gasteiger partial charge in [0, 0.05) is 0 Å². The van der Waals surface area contributed by atoms with E-state index < -0.39 is 36.5 Å². The zero-order valence-corrected chi connectivity index (χ0v) is 46.4. The minimum Gasteiger partial charge on any atom is -0.465 e. The van der Waals surface area contributed by atoms with E-state index in [9.17, 15) is 19.8 Å². The van der Waals surface area contributed by atoms with Crippen molar-refractivity contribution in [2.45, 2.75) is 341 Å². The van der Waals surface area contributed by atoms with Crippen LogP contribution in [0.2, 0.25) is 0 Å². The number of carbonyl (C=O) groups is 2. The maximum atomic E-state index is 12.5. The van der Waals surface area contributed by atoms with Crippen molar-refractivity contribution >= 4 is 11.9 Å². The van der Waals surface area contributed by atoms with E-state index in [1.165, 1.54) is 302 Å². The highest BCUT2D eigenvalue weighted by molar-refractivity contribution is 5.80. The molecule has 1 atom stereocenters. The van der Waals surface area contributed by atoms with E-state index in [1.54, 1.807) is 0 Å². The van der Waals surface area contributed by atoms with E-state index >= 15 is 0 Å². The number of esters is 2. The molecule has 0 aliphatic carbocycles. The molecule has 0 saturated carbocycles. The summed E-state index contributed by atoms with van der Waals surface area (Å²) < 4.78 is 10.6. The average molecular weight is 974 g/mol. The zero-order valence-electron chi connectivity index (χ0n) is 46.4. The Hall–Kier alpha value is -1.40. The Morgan fingerprint density at radius 3 is 0.899 bits per heavy atom. The van der Waals surface area contributed by atoms with Gasteiger partial charge in [0.25, 0.3) is 0 Å². The van der Waals surface area contributed by atoms with Gasteiger partial charge in [-0.05, 0) is 32.1 Å². The van der Waals surface area contributed by atoms with Crippen molar-refractivity contribution in [2.24, 2.45) is 11.3 Å². The standard InChI is InChI=1S/C63H120O6/c1-2-3-4-5-6-7-8-9-10-11-12-13-14-15-16-17-18-19-20-21-22-23-24-25-26-27-28-29-30-31-32-33-34-35-36-37-38-39-40-41-42-43-44-45-46-47-48-49-50-51-52-53-54-60-55-61(66)68-58-63(56-64,57-65)59-69-62(60)67/h31-32,60,64-65H,2-30,33-59H2,1H3/b32-31+. The summed E-state index contributed by atoms with van der Waals surface area (Å²) in [5, 5.41) is 19.2. The van der Waals surface area contributed by atoms with Gasteiger partial charge in [-0.2, -0.15) is 0 Å². The van der Waals surface area contributed by atoms with Gasteiger partial charge in [0.2, 0.25) is 0 Å². The Kier molecular flexibility index (Phi) is 50.3. The van der Waals surface area contributed by atoms with Crippen molar-refractivity contribution in [3.63, 3.8) is 0 Å². The largest absolute Gasteiger partial charge is 0.465 e. The molecule has 1 saturated heterocycles. The second-order valence-electron chi connectivity index (χ2n) is 22.4. The third-order valence-corrected chi connectivity index (χ3v) is 15.5. The molecule has 0 spiro atoms. The molecule has 1 aliphatic heterocycles. The lowest BCUT2D eigenvalue weighted by molar-refractivity contribution is -0.155. The van der Waals surface area contributed by atoms with E-state index in [2.05, 4.69) is 19.1 Å². The van der Waals surface area contributed by atoms with Crippen molar-refractivity contribution in [3.8, 4) is 0 Å². The number of hydrogen-bond acceptors (Lipinski definition) is 6. The molecule has 2 N–H and O–H groups in total. The SMILES string of the molecule is CCCCCCCCCCCCCCCCCCCCCCCCCCCCCC/C=C/CCCCCCCCCCCCCCCCCCCCCCC1CC(=O)OCC(CO)(CO)COC1=O. The van der Waals surface area contributed by atoms with Crippen molar-refractivity contribution in [2.75, 3.05) is 26.4 Å². The van der Waals surface area contributed by atoms with Crippen LogP contribution in [0.3, 0.4) is 0 Å². The van der Waals surface area contributed by atoms with Crippen LogP contribution < -0.4 is 0 Å². The van der Waals surface area contributed by atoms with Gasteiger partial charge < -0.3 is 19.7 Å². The van der Waals surface area contributed by atoms with Crippen LogP contribution in [0.5, 0.6) is 0 Å². The van der Waals surface area contributed by atoms with Gasteiger partial charge in [-0.1, -0.05) is 314 Å². The Balaban J connectivity index is 1.69. The van der Waals surface area contributed by atoms with Crippen molar-refractivity contribution in [1.82, 2.24) is 0 Å². The van der Waals surface area contributed by atoms with E-state index in [-0.39, 0.29) is 19.6 Å². The first-order valence-corrected chi connectivity index (χ1v) is 31.3. The van der Waals surface area contributed by atoms with Gasteiger partial charge >= 0.3 is 11.9 Å². The quantitative estimate of drug-likeness (QED) is 0.0358. The third kappa shape index (κ3) is 45.0. The number of cyclic esters (lactones) is 2. The fourth-order valence-electron chi connectivity index (χ4n) is 10.4. The maximum absolute atomic E-state index is 12.5. The van der Waals surface area contributed by atoms with Crippen LogP contribution in [0.15, 0.2) is 12.2 Å². The van der Waals surface area contributed by atoms with Crippen molar-refractivity contribution in [1.29, 1.82) is 0 Å². The highest BCUT2D eigenvalue weighted by Gasteiger charge is 2.36. The van der Waals surface area contributed by atoms with E-state index in [1.807, 2.05) is 0 Å². The molecule has 0 aromatic rings. The van der Waals surface area contributed by atoms with E-state index in [0.29, 0.717) is 6.42 Å². The number of carbonyl (C=O) groups excluding carboxylic acids is 2. The number of unbranched alkanes of at least 4 members (excludes halogenated alkanes) is 48. The molecule has 69 heavy (non-hydrogen) atoms.